The molecule has 0 saturated heterocycles. The summed E-state index contributed by atoms with van der Waals surface area (Å²) >= 11 is 0. The van der Waals surface area contributed by atoms with Gasteiger partial charge in [0.15, 0.2) is 0 Å². The minimum Gasteiger partial charge on any atom is -0.358 e. The van der Waals surface area contributed by atoms with Crippen LogP contribution in [0.3, 0.4) is 0 Å². The van der Waals surface area contributed by atoms with Gasteiger partial charge in [-0.1, -0.05) is 30.3 Å². The topological polar surface area (TPSA) is 31.9 Å². The molecule has 1 N–H and O–H groups in total. The van der Waals surface area contributed by atoms with Gasteiger partial charge in [0.05, 0.1) is 0 Å². The first-order valence-corrected chi connectivity index (χ1v) is 7.76. The van der Waals surface area contributed by atoms with Gasteiger partial charge in [-0.25, -0.2) is 0 Å². The third-order valence-electron chi connectivity index (χ3n) is 4.30. The van der Waals surface area contributed by atoms with Crippen molar-refractivity contribution in [1.29, 1.82) is 0 Å². The third-order valence-corrected chi connectivity index (χ3v) is 4.30. The second-order valence-corrected chi connectivity index (χ2v) is 5.87. The Labute approximate surface area is 130 Å². The molecular formula is C19H19N3. The molecule has 0 radical (unpaired) electrons. The van der Waals surface area contributed by atoms with Gasteiger partial charge in [-0.05, 0) is 29.3 Å². The molecule has 4 rings (SSSR count). The zero-order valence-corrected chi connectivity index (χ0v) is 12.5. The molecule has 1 aliphatic heterocycles. The van der Waals surface area contributed by atoms with Crippen molar-refractivity contribution in [1.82, 2.24) is 14.9 Å². The molecule has 3 aromatic rings. The molecule has 0 aliphatic carbocycles. The van der Waals surface area contributed by atoms with Crippen LogP contribution in [0, 0.1) is 0 Å². The number of H-pyrrole nitrogens is 1. The van der Waals surface area contributed by atoms with Crippen molar-refractivity contribution in [3.63, 3.8) is 0 Å². The van der Waals surface area contributed by atoms with Gasteiger partial charge in [-0.2, -0.15) is 0 Å². The summed E-state index contributed by atoms with van der Waals surface area (Å²) in [6, 6.07) is 17.1. The number of benzene rings is 1. The lowest BCUT2D eigenvalue weighted by molar-refractivity contribution is 0.245. The maximum absolute atomic E-state index is 4.09. The molecule has 110 valence electrons. The Bertz CT molecular complexity index is 747. The van der Waals surface area contributed by atoms with Crippen LogP contribution >= 0.6 is 0 Å². The van der Waals surface area contributed by atoms with E-state index in [2.05, 4.69) is 63.4 Å². The lowest BCUT2D eigenvalue weighted by Crippen LogP contribution is -2.29. The first-order valence-electron chi connectivity index (χ1n) is 7.76. The van der Waals surface area contributed by atoms with E-state index in [1.54, 1.807) is 0 Å². The molecule has 22 heavy (non-hydrogen) atoms. The van der Waals surface area contributed by atoms with Crippen LogP contribution in [0.5, 0.6) is 0 Å². The summed E-state index contributed by atoms with van der Waals surface area (Å²) in [5.74, 6) is 0. The maximum Gasteiger partial charge on any atom is 0.0460 e. The molecule has 0 atom stereocenters. The second kappa shape index (κ2) is 5.78. The highest BCUT2D eigenvalue weighted by Gasteiger charge is 2.19. The third kappa shape index (κ3) is 2.68. The minimum atomic E-state index is 1.02. The number of rotatable bonds is 3. The van der Waals surface area contributed by atoms with Crippen LogP contribution in [0.15, 0.2) is 60.9 Å². The van der Waals surface area contributed by atoms with Gasteiger partial charge >= 0.3 is 0 Å². The van der Waals surface area contributed by atoms with Gasteiger partial charge in [0.2, 0.25) is 0 Å². The van der Waals surface area contributed by atoms with E-state index < -0.39 is 0 Å². The molecule has 1 aromatic carbocycles. The molecule has 0 spiro atoms. The lowest BCUT2D eigenvalue weighted by atomic mass is 10.1. The van der Waals surface area contributed by atoms with Crippen molar-refractivity contribution in [3.05, 3.63) is 77.7 Å². The van der Waals surface area contributed by atoms with E-state index in [-0.39, 0.29) is 0 Å². The zero-order chi connectivity index (χ0) is 14.8. The van der Waals surface area contributed by atoms with Gasteiger partial charge in [0.25, 0.3) is 0 Å². The van der Waals surface area contributed by atoms with Crippen LogP contribution in [0.1, 0.15) is 16.8 Å². The maximum atomic E-state index is 4.09. The van der Waals surface area contributed by atoms with Crippen LogP contribution in [0.2, 0.25) is 0 Å². The summed E-state index contributed by atoms with van der Waals surface area (Å²) in [6.45, 7) is 3.15. The highest BCUT2D eigenvalue weighted by molar-refractivity contribution is 5.61. The molecule has 1 aliphatic rings. The molecule has 0 unspecified atom stereocenters. The predicted octanol–water partition coefficient (Wildman–Crippen LogP) is 3.64. The highest BCUT2D eigenvalue weighted by atomic mass is 15.1. The van der Waals surface area contributed by atoms with Crippen molar-refractivity contribution >= 4 is 0 Å². The summed E-state index contributed by atoms with van der Waals surface area (Å²) < 4.78 is 0. The molecule has 3 heterocycles. The van der Waals surface area contributed by atoms with Gasteiger partial charge < -0.3 is 4.98 Å². The highest BCUT2D eigenvalue weighted by Crippen LogP contribution is 2.26. The summed E-state index contributed by atoms with van der Waals surface area (Å²) in [5, 5.41) is 0. The molecule has 3 nitrogen and oxygen atoms in total. The summed E-state index contributed by atoms with van der Waals surface area (Å²) in [5.41, 5.74) is 6.61. The fraction of sp³-hybridized carbons (Fsp3) is 0.211. The Hall–Kier alpha value is -2.39. The van der Waals surface area contributed by atoms with Crippen molar-refractivity contribution in [3.8, 4) is 11.3 Å². The van der Waals surface area contributed by atoms with E-state index in [1.807, 2.05) is 12.4 Å². The molecule has 2 aromatic heterocycles. The normalized spacial score (nSPS) is 14.7. The summed E-state index contributed by atoms with van der Waals surface area (Å²) in [6.07, 6.45) is 4.78. The minimum absolute atomic E-state index is 1.02. The fourth-order valence-corrected chi connectivity index (χ4v) is 3.16. The van der Waals surface area contributed by atoms with Crippen LogP contribution in [-0.4, -0.2) is 21.4 Å². The average Bonchev–Trinajstić information content (AvgIpc) is 3.00. The number of hydrogen-bond acceptors (Lipinski definition) is 2. The summed E-state index contributed by atoms with van der Waals surface area (Å²) in [4.78, 5) is 10.2. The quantitative estimate of drug-likeness (QED) is 0.798. The molecule has 3 heteroatoms. The molecule has 0 fully saturated rings. The number of aromatic nitrogens is 2. The average molecular weight is 289 g/mol. The van der Waals surface area contributed by atoms with E-state index in [4.69, 9.17) is 0 Å². The SMILES string of the molecule is c1ccc(CN2CCc3[nH]c(-c4ccncc4)cc3C2)cc1. The van der Waals surface area contributed by atoms with Gasteiger partial charge in [-0.15, -0.1) is 0 Å². The van der Waals surface area contributed by atoms with E-state index >= 15 is 0 Å². The predicted molar refractivity (Wildman–Crippen MR) is 88.3 cm³/mol. The Kier molecular flexibility index (Phi) is 3.49. The molecular weight excluding hydrogens is 270 g/mol. The monoisotopic (exact) mass is 289 g/mol. The van der Waals surface area contributed by atoms with Gasteiger partial charge in [0.1, 0.15) is 0 Å². The second-order valence-electron chi connectivity index (χ2n) is 5.87. The van der Waals surface area contributed by atoms with E-state index in [1.165, 1.54) is 28.1 Å². The fourth-order valence-electron chi connectivity index (χ4n) is 3.16. The number of nitrogens with one attached hydrogen (secondary N) is 1. The number of nitrogens with zero attached hydrogens (tertiary/aromatic N) is 2. The first kappa shape index (κ1) is 13.3. The van der Waals surface area contributed by atoms with Crippen LogP contribution < -0.4 is 0 Å². The van der Waals surface area contributed by atoms with Crippen LogP contribution in [0.4, 0.5) is 0 Å². The van der Waals surface area contributed by atoms with Crippen molar-refractivity contribution in [2.24, 2.45) is 0 Å². The van der Waals surface area contributed by atoms with E-state index in [0.29, 0.717) is 0 Å². The van der Waals surface area contributed by atoms with Crippen molar-refractivity contribution in [2.45, 2.75) is 19.5 Å². The van der Waals surface area contributed by atoms with Crippen LogP contribution in [0.25, 0.3) is 11.3 Å². The van der Waals surface area contributed by atoms with E-state index in [0.717, 1.165) is 26.1 Å². The van der Waals surface area contributed by atoms with Crippen molar-refractivity contribution < 1.29 is 0 Å². The lowest BCUT2D eigenvalue weighted by Gasteiger charge is -2.26. The largest absolute Gasteiger partial charge is 0.358 e. The number of hydrogen-bond donors (Lipinski definition) is 1. The number of aromatic amines is 1. The standard InChI is InChI=1S/C19H19N3/c1-2-4-15(5-3-1)13-22-11-8-18-17(14-22)12-19(21-18)16-6-9-20-10-7-16/h1-7,9-10,12,21H,8,11,13-14H2. The molecule has 0 amide bonds. The zero-order valence-electron chi connectivity index (χ0n) is 12.5. The van der Waals surface area contributed by atoms with Gasteiger partial charge in [0, 0.05) is 55.4 Å². The van der Waals surface area contributed by atoms with Crippen LogP contribution in [-0.2, 0) is 19.5 Å². The first-order chi connectivity index (χ1) is 10.9. The Morgan fingerprint density at radius 3 is 2.68 bits per heavy atom. The Morgan fingerprint density at radius 2 is 1.86 bits per heavy atom. The Morgan fingerprint density at radius 1 is 1.05 bits per heavy atom. The van der Waals surface area contributed by atoms with Crippen molar-refractivity contribution in [2.75, 3.05) is 6.54 Å². The number of fused-ring (bicyclic) bond motifs is 1. The summed E-state index contributed by atoms with van der Waals surface area (Å²) in [7, 11) is 0. The molecule has 0 saturated carbocycles. The Balaban J connectivity index is 1.53. The van der Waals surface area contributed by atoms with E-state index in [9.17, 15) is 0 Å². The molecule has 0 bridgehead atoms. The number of pyridine rings is 1. The van der Waals surface area contributed by atoms with Gasteiger partial charge in [-0.3, -0.25) is 9.88 Å². The smallest absolute Gasteiger partial charge is 0.0460 e.